The van der Waals surface area contributed by atoms with Gasteiger partial charge in [-0.3, -0.25) is 4.79 Å². The van der Waals surface area contributed by atoms with E-state index < -0.39 is 6.10 Å². The molecule has 0 fully saturated rings. The van der Waals surface area contributed by atoms with E-state index in [4.69, 9.17) is 4.74 Å². The normalized spacial score (nSPS) is 14.0. The number of carbonyl (C=O) groups is 1. The van der Waals surface area contributed by atoms with Crippen LogP contribution >= 0.6 is 0 Å². The first-order chi connectivity index (χ1) is 8.93. The van der Waals surface area contributed by atoms with Crippen molar-refractivity contribution in [2.45, 2.75) is 46.3 Å². The van der Waals surface area contributed by atoms with Crippen molar-refractivity contribution in [1.29, 1.82) is 0 Å². The van der Waals surface area contributed by atoms with E-state index in [1.807, 2.05) is 27.7 Å². The van der Waals surface area contributed by atoms with Crippen molar-refractivity contribution < 1.29 is 13.9 Å². The Kier molecular flexibility index (Phi) is 5.80. The molecule has 0 spiro atoms. The minimum absolute atomic E-state index is 0.0957. The molecular formula is C15H22FNO2. The highest BCUT2D eigenvalue weighted by molar-refractivity contribution is 5.81. The van der Waals surface area contributed by atoms with Crippen LogP contribution in [-0.2, 0) is 4.79 Å². The summed E-state index contributed by atoms with van der Waals surface area (Å²) in [6, 6.07) is 5.78. The summed E-state index contributed by atoms with van der Waals surface area (Å²) < 4.78 is 18.4. The maximum absolute atomic E-state index is 12.8. The first-order valence-electron chi connectivity index (χ1n) is 6.66. The molecule has 0 aliphatic rings. The fourth-order valence-corrected chi connectivity index (χ4v) is 1.48. The number of hydrogen-bond donors (Lipinski definition) is 1. The zero-order valence-electron chi connectivity index (χ0n) is 11.9. The molecule has 0 heterocycles. The molecule has 1 aromatic carbocycles. The summed E-state index contributed by atoms with van der Waals surface area (Å²) in [5, 5.41) is 2.92. The van der Waals surface area contributed by atoms with Gasteiger partial charge in [0.2, 0.25) is 0 Å². The highest BCUT2D eigenvalue weighted by atomic mass is 19.1. The van der Waals surface area contributed by atoms with Gasteiger partial charge < -0.3 is 10.1 Å². The van der Waals surface area contributed by atoms with E-state index in [1.165, 1.54) is 24.3 Å². The van der Waals surface area contributed by atoms with E-state index in [0.29, 0.717) is 18.1 Å². The van der Waals surface area contributed by atoms with Crippen LogP contribution in [0.1, 0.15) is 34.1 Å². The maximum atomic E-state index is 12.8. The van der Waals surface area contributed by atoms with E-state index in [2.05, 4.69) is 5.32 Å². The zero-order chi connectivity index (χ0) is 14.4. The number of benzene rings is 1. The van der Waals surface area contributed by atoms with Crippen LogP contribution in [0.4, 0.5) is 4.39 Å². The van der Waals surface area contributed by atoms with Crippen molar-refractivity contribution >= 4 is 5.91 Å². The lowest BCUT2D eigenvalue weighted by Crippen LogP contribution is -2.44. The Labute approximate surface area is 114 Å². The zero-order valence-corrected chi connectivity index (χ0v) is 11.9. The minimum Gasteiger partial charge on any atom is -0.481 e. The maximum Gasteiger partial charge on any atom is 0.261 e. The fraction of sp³-hybridized carbons (Fsp3) is 0.533. The first kappa shape index (κ1) is 15.5. The van der Waals surface area contributed by atoms with E-state index in [-0.39, 0.29) is 17.8 Å². The van der Waals surface area contributed by atoms with E-state index >= 15 is 0 Å². The van der Waals surface area contributed by atoms with Crippen molar-refractivity contribution in [2.24, 2.45) is 5.92 Å². The van der Waals surface area contributed by atoms with Crippen LogP contribution in [0.3, 0.4) is 0 Å². The molecular weight excluding hydrogens is 245 g/mol. The van der Waals surface area contributed by atoms with Crippen LogP contribution in [0.2, 0.25) is 0 Å². The van der Waals surface area contributed by atoms with Crippen LogP contribution in [0, 0.1) is 11.7 Å². The third-order valence-corrected chi connectivity index (χ3v) is 3.13. The van der Waals surface area contributed by atoms with Crippen molar-refractivity contribution in [3.05, 3.63) is 30.1 Å². The molecule has 2 atom stereocenters. The number of halogens is 1. The minimum atomic E-state index is -0.549. The number of nitrogens with one attached hydrogen (secondary N) is 1. The average Bonchev–Trinajstić information content (AvgIpc) is 2.37. The largest absolute Gasteiger partial charge is 0.481 e. The lowest BCUT2D eigenvalue weighted by Gasteiger charge is -2.22. The second-order valence-corrected chi connectivity index (χ2v) is 5.01. The SMILES string of the molecule is CC[C@@H](Oc1ccc(F)cc1)C(=O)N[C@@H](C)C(C)C. The highest BCUT2D eigenvalue weighted by Crippen LogP contribution is 2.14. The van der Waals surface area contributed by atoms with Crippen LogP contribution in [-0.4, -0.2) is 18.1 Å². The molecule has 1 amide bonds. The van der Waals surface area contributed by atoms with Gasteiger partial charge in [-0.2, -0.15) is 0 Å². The van der Waals surface area contributed by atoms with Gasteiger partial charge in [0.05, 0.1) is 0 Å². The van der Waals surface area contributed by atoms with Gasteiger partial charge in [-0.05, 0) is 43.5 Å². The van der Waals surface area contributed by atoms with Gasteiger partial charge in [0, 0.05) is 6.04 Å². The molecule has 0 aromatic heterocycles. The predicted octanol–water partition coefficient (Wildman–Crippen LogP) is 3.14. The van der Waals surface area contributed by atoms with Gasteiger partial charge >= 0.3 is 0 Å². The van der Waals surface area contributed by atoms with Crippen molar-refractivity contribution in [3.63, 3.8) is 0 Å². The molecule has 19 heavy (non-hydrogen) atoms. The second-order valence-electron chi connectivity index (χ2n) is 5.01. The molecule has 0 aliphatic heterocycles. The molecule has 0 saturated carbocycles. The predicted molar refractivity (Wildman–Crippen MR) is 73.5 cm³/mol. The number of ether oxygens (including phenoxy) is 1. The third-order valence-electron chi connectivity index (χ3n) is 3.13. The van der Waals surface area contributed by atoms with Gasteiger partial charge in [0.25, 0.3) is 5.91 Å². The Bertz CT molecular complexity index is 403. The fourth-order valence-electron chi connectivity index (χ4n) is 1.48. The summed E-state index contributed by atoms with van der Waals surface area (Å²) in [4.78, 5) is 12.1. The molecule has 0 radical (unpaired) electrons. The molecule has 106 valence electrons. The number of rotatable bonds is 6. The summed E-state index contributed by atoms with van der Waals surface area (Å²) >= 11 is 0. The highest BCUT2D eigenvalue weighted by Gasteiger charge is 2.21. The number of amides is 1. The van der Waals surface area contributed by atoms with Crippen molar-refractivity contribution in [3.8, 4) is 5.75 Å². The molecule has 1 rings (SSSR count). The summed E-state index contributed by atoms with van der Waals surface area (Å²) in [7, 11) is 0. The lowest BCUT2D eigenvalue weighted by atomic mass is 10.1. The molecule has 0 unspecified atom stereocenters. The molecule has 1 aromatic rings. The molecule has 0 saturated heterocycles. The van der Waals surface area contributed by atoms with Crippen molar-refractivity contribution in [2.75, 3.05) is 0 Å². The van der Waals surface area contributed by atoms with E-state index in [1.54, 1.807) is 0 Å². The van der Waals surface area contributed by atoms with Gasteiger partial charge in [-0.25, -0.2) is 4.39 Å². The lowest BCUT2D eigenvalue weighted by molar-refractivity contribution is -0.129. The van der Waals surface area contributed by atoms with E-state index in [9.17, 15) is 9.18 Å². The average molecular weight is 267 g/mol. The Hall–Kier alpha value is -1.58. The Morgan fingerprint density at radius 1 is 1.26 bits per heavy atom. The molecule has 3 nitrogen and oxygen atoms in total. The van der Waals surface area contributed by atoms with Crippen LogP contribution in [0.25, 0.3) is 0 Å². The second kappa shape index (κ2) is 7.12. The summed E-state index contributed by atoms with van der Waals surface area (Å²) in [6.07, 6.45) is 0.0141. The molecule has 4 heteroatoms. The third kappa shape index (κ3) is 4.89. The van der Waals surface area contributed by atoms with Crippen LogP contribution in [0.15, 0.2) is 24.3 Å². The van der Waals surface area contributed by atoms with Gasteiger partial charge in [0.15, 0.2) is 6.10 Å². The summed E-state index contributed by atoms with van der Waals surface area (Å²) in [6.45, 7) is 7.94. The van der Waals surface area contributed by atoms with Gasteiger partial charge in [0.1, 0.15) is 11.6 Å². The topological polar surface area (TPSA) is 38.3 Å². The molecule has 0 bridgehead atoms. The van der Waals surface area contributed by atoms with Crippen LogP contribution < -0.4 is 10.1 Å². The Morgan fingerprint density at radius 3 is 2.32 bits per heavy atom. The quantitative estimate of drug-likeness (QED) is 0.860. The monoisotopic (exact) mass is 267 g/mol. The molecule has 1 N–H and O–H groups in total. The summed E-state index contributed by atoms with van der Waals surface area (Å²) in [5.41, 5.74) is 0. The smallest absolute Gasteiger partial charge is 0.261 e. The Morgan fingerprint density at radius 2 is 1.84 bits per heavy atom. The van der Waals surface area contributed by atoms with Crippen molar-refractivity contribution in [1.82, 2.24) is 5.32 Å². The van der Waals surface area contributed by atoms with E-state index in [0.717, 1.165) is 0 Å². The van der Waals surface area contributed by atoms with Gasteiger partial charge in [-0.15, -0.1) is 0 Å². The Balaban J connectivity index is 2.62. The summed E-state index contributed by atoms with van der Waals surface area (Å²) in [5.74, 6) is 0.416. The standard InChI is InChI=1S/C15H22FNO2/c1-5-14(15(18)17-11(4)10(2)3)19-13-8-6-12(16)7-9-13/h6-11,14H,5H2,1-4H3,(H,17,18)/t11-,14+/m0/s1. The molecule has 0 aliphatic carbocycles. The van der Waals surface area contributed by atoms with Gasteiger partial charge in [-0.1, -0.05) is 20.8 Å². The first-order valence-corrected chi connectivity index (χ1v) is 6.66. The number of hydrogen-bond acceptors (Lipinski definition) is 2. The number of carbonyl (C=O) groups excluding carboxylic acids is 1. The van der Waals surface area contributed by atoms with Crippen LogP contribution in [0.5, 0.6) is 5.75 Å².